The van der Waals surface area contributed by atoms with Gasteiger partial charge in [-0.15, -0.1) is 0 Å². The highest BCUT2D eigenvalue weighted by molar-refractivity contribution is 14.1. The standard InChI is InChI=1S/C9H11IN2O5/c10-6-4(3-13)17-8(7(6)15)12-2-1-5(14)11-9(12)16/h1-2,4,6-8,13,15H,3H2,(H,11,14,16)/t4-,6-,7-,8-/m1/s1. The summed E-state index contributed by atoms with van der Waals surface area (Å²) in [6.07, 6.45) is -1.08. The zero-order valence-electron chi connectivity index (χ0n) is 8.62. The fourth-order valence-corrected chi connectivity index (χ4v) is 2.47. The van der Waals surface area contributed by atoms with Gasteiger partial charge in [-0.3, -0.25) is 14.3 Å². The Labute approximate surface area is 109 Å². The second kappa shape index (κ2) is 4.88. The molecule has 1 aliphatic rings. The van der Waals surface area contributed by atoms with Crippen molar-refractivity contribution in [2.45, 2.75) is 22.4 Å². The molecule has 1 fully saturated rings. The predicted octanol–water partition coefficient (Wildman–Crippen LogP) is -1.41. The highest BCUT2D eigenvalue weighted by Gasteiger charge is 2.43. The molecule has 4 atom stereocenters. The lowest BCUT2D eigenvalue weighted by molar-refractivity contribution is -0.0529. The average Bonchev–Trinajstić information content (AvgIpc) is 2.57. The zero-order chi connectivity index (χ0) is 12.6. The number of aliphatic hydroxyl groups excluding tert-OH is 2. The van der Waals surface area contributed by atoms with E-state index in [1.807, 2.05) is 22.6 Å². The number of rotatable bonds is 2. The van der Waals surface area contributed by atoms with Gasteiger partial charge in [-0.2, -0.15) is 0 Å². The number of halogens is 1. The van der Waals surface area contributed by atoms with Gasteiger partial charge in [0, 0.05) is 12.3 Å². The Morgan fingerprint density at radius 1 is 1.53 bits per heavy atom. The summed E-state index contributed by atoms with van der Waals surface area (Å²) >= 11 is 1.96. The molecule has 0 unspecified atom stereocenters. The van der Waals surface area contributed by atoms with Crippen LogP contribution < -0.4 is 11.2 Å². The van der Waals surface area contributed by atoms with Crippen LogP contribution in [0.2, 0.25) is 0 Å². The van der Waals surface area contributed by atoms with E-state index in [0.717, 1.165) is 4.57 Å². The van der Waals surface area contributed by atoms with E-state index in [4.69, 9.17) is 9.84 Å². The number of aromatic nitrogens is 2. The highest BCUT2D eigenvalue weighted by atomic mass is 127. The van der Waals surface area contributed by atoms with Gasteiger partial charge >= 0.3 is 5.69 Å². The summed E-state index contributed by atoms with van der Waals surface area (Å²) < 4.78 is 6.16. The number of hydrogen-bond donors (Lipinski definition) is 3. The molecule has 1 aliphatic heterocycles. The largest absolute Gasteiger partial charge is 0.394 e. The maximum Gasteiger partial charge on any atom is 0.330 e. The third-order valence-corrected chi connectivity index (χ3v) is 4.13. The minimum Gasteiger partial charge on any atom is -0.394 e. The van der Waals surface area contributed by atoms with Crippen LogP contribution in [-0.4, -0.2) is 42.5 Å². The van der Waals surface area contributed by atoms with Gasteiger partial charge in [-0.1, -0.05) is 22.6 Å². The third-order valence-electron chi connectivity index (χ3n) is 2.59. The maximum atomic E-state index is 11.5. The van der Waals surface area contributed by atoms with Crippen molar-refractivity contribution < 1.29 is 14.9 Å². The second-order valence-corrected chi connectivity index (χ2v) is 5.14. The number of aliphatic hydroxyl groups is 2. The first-order chi connectivity index (χ1) is 8.04. The summed E-state index contributed by atoms with van der Waals surface area (Å²) in [5.41, 5.74) is -1.16. The van der Waals surface area contributed by atoms with Crippen molar-refractivity contribution in [2.75, 3.05) is 6.61 Å². The van der Waals surface area contributed by atoms with Crippen LogP contribution in [0.25, 0.3) is 0 Å². The fourth-order valence-electron chi connectivity index (χ4n) is 1.71. The Hall–Kier alpha value is -0.710. The molecule has 2 heterocycles. The molecule has 8 heteroatoms. The van der Waals surface area contributed by atoms with Crippen molar-refractivity contribution in [3.8, 4) is 0 Å². The summed E-state index contributed by atoms with van der Waals surface area (Å²) in [6, 6.07) is 1.17. The first-order valence-corrected chi connectivity index (χ1v) is 6.19. The topological polar surface area (TPSA) is 105 Å². The van der Waals surface area contributed by atoms with Crippen molar-refractivity contribution >= 4 is 22.6 Å². The van der Waals surface area contributed by atoms with Gasteiger partial charge in [-0.05, 0) is 0 Å². The highest BCUT2D eigenvalue weighted by Crippen LogP contribution is 2.32. The van der Waals surface area contributed by atoms with Crippen LogP contribution in [0.15, 0.2) is 21.9 Å². The van der Waals surface area contributed by atoms with Crippen LogP contribution in [-0.2, 0) is 4.74 Å². The van der Waals surface area contributed by atoms with Gasteiger partial charge in [0.15, 0.2) is 6.23 Å². The minimum absolute atomic E-state index is 0.237. The molecule has 1 aromatic heterocycles. The monoisotopic (exact) mass is 354 g/mol. The van der Waals surface area contributed by atoms with Gasteiger partial charge in [0.25, 0.3) is 5.56 Å². The van der Waals surface area contributed by atoms with E-state index < -0.39 is 29.7 Å². The lowest BCUT2D eigenvalue weighted by atomic mass is 10.2. The first kappa shape index (κ1) is 12.7. The SMILES string of the molecule is O=c1ccn([C@@H]2O[C@H](CO)[C@@H](I)[C@H]2O)c(=O)[nH]1. The molecule has 17 heavy (non-hydrogen) atoms. The molecule has 1 saturated heterocycles. The summed E-state index contributed by atoms with van der Waals surface area (Å²) in [5.74, 6) is 0. The molecule has 0 spiro atoms. The van der Waals surface area contributed by atoms with Crippen LogP contribution in [0.3, 0.4) is 0 Å². The molecule has 3 N–H and O–H groups in total. The molecule has 0 amide bonds. The Morgan fingerprint density at radius 2 is 2.24 bits per heavy atom. The lowest BCUT2D eigenvalue weighted by Crippen LogP contribution is -2.36. The zero-order valence-corrected chi connectivity index (χ0v) is 10.8. The normalized spacial score (nSPS) is 32.9. The average molecular weight is 354 g/mol. The molecule has 7 nitrogen and oxygen atoms in total. The maximum absolute atomic E-state index is 11.5. The predicted molar refractivity (Wildman–Crippen MR) is 66.1 cm³/mol. The molecular weight excluding hydrogens is 343 g/mol. The minimum atomic E-state index is -0.920. The number of alkyl halides is 1. The number of nitrogens with zero attached hydrogens (tertiary/aromatic N) is 1. The van der Waals surface area contributed by atoms with Gasteiger partial charge in [0.05, 0.1) is 16.6 Å². The number of H-pyrrole nitrogens is 1. The van der Waals surface area contributed by atoms with Crippen LogP contribution >= 0.6 is 22.6 Å². The fraction of sp³-hybridized carbons (Fsp3) is 0.556. The smallest absolute Gasteiger partial charge is 0.330 e. The Balaban J connectivity index is 2.35. The number of ether oxygens (including phenoxy) is 1. The van der Waals surface area contributed by atoms with E-state index in [1.54, 1.807) is 0 Å². The van der Waals surface area contributed by atoms with Crippen molar-refractivity contribution in [1.82, 2.24) is 9.55 Å². The van der Waals surface area contributed by atoms with E-state index in [9.17, 15) is 14.7 Å². The Kier molecular flexibility index (Phi) is 3.66. The van der Waals surface area contributed by atoms with Gasteiger partial charge in [-0.25, -0.2) is 4.79 Å². The summed E-state index contributed by atoms with van der Waals surface area (Å²) in [4.78, 5) is 24.5. The molecule has 1 aromatic rings. The van der Waals surface area contributed by atoms with E-state index in [-0.39, 0.29) is 10.5 Å². The van der Waals surface area contributed by atoms with E-state index in [0.29, 0.717) is 0 Å². The van der Waals surface area contributed by atoms with Crippen molar-refractivity contribution in [3.63, 3.8) is 0 Å². The molecule has 0 aromatic carbocycles. The molecule has 94 valence electrons. The van der Waals surface area contributed by atoms with Crippen LogP contribution in [0.5, 0.6) is 0 Å². The summed E-state index contributed by atoms with van der Waals surface area (Å²) in [5, 5.41) is 19.0. The molecule has 0 aliphatic carbocycles. The lowest BCUT2D eigenvalue weighted by Gasteiger charge is -2.16. The van der Waals surface area contributed by atoms with Crippen molar-refractivity contribution in [3.05, 3.63) is 33.1 Å². The molecule has 0 bridgehead atoms. The van der Waals surface area contributed by atoms with Crippen molar-refractivity contribution in [2.24, 2.45) is 0 Å². The summed E-state index contributed by atoms with van der Waals surface area (Å²) in [7, 11) is 0. The Bertz CT molecular complexity index is 513. The molecule has 0 radical (unpaired) electrons. The molecular formula is C9H11IN2O5. The van der Waals surface area contributed by atoms with Crippen LogP contribution in [0.1, 0.15) is 6.23 Å². The van der Waals surface area contributed by atoms with Crippen LogP contribution in [0.4, 0.5) is 0 Å². The Morgan fingerprint density at radius 3 is 2.76 bits per heavy atom. The third kappa shape index (κ3) is 2.30. The van der Waals surface area contributed by atoms with Gasteiger partial charge in [0.1, 0.15) is 6.10 Å². The number of nitrogens with one attached hydrogen (secondary N) is 1. The number of aromatic amines is 1. The van der Waals surface area contributed by atoms with Crippen molar-refractivity contribution in [1.29, 1.82) is 0 Å². The first-order valence-electron chi connectivity index (χ1n) is 4.94. The van der Waals surface area contributed by atoms with Gasteiger partial charge in [0.2, 0.25) is 0 Å². The van der Waals surface area contributed by atoms with E-state index >= 15 is 0 Å². The summed E-state index contributed by atoms with van der Waals surface area (Å²) in [6.45, 7) is -0.237. The van der Waals surface area contributed by atoms with Crippen LogP contribution in [0, 0.1) is 0 Å². The molecule has 2 rings (SSSR count). The van der Waals surface area contributed by atoms with E-state index in [1.165, 1.54) is 12.3 Å². The second-order valence-electron chi connectivity index (χ2n) is 3.70. The van der Waals surface area contributed by atoms with Gasteiger partial charge < -0.3 is 14.9 Å². The molecule has 0 saturated carbocycles. The quantitative estimate of drug-likeness (QED) is 0.447. The van der Waals surface area contributed by atoms with E-state index in [2.05, 4.69) is 4.98 Å². The number of hydrogen-bond acceptors (Lipinski definition) is 5.